The van der Waals surface area contributed by atoms with Crippen LogP contribution in [0, 0.1) is 23.4 Å². The van der Waals surface area contributed by atoms with Gasteiger partial charge in [0.15, 0.2) is 5.69 Å². The number of nitrogens with two attached hydrogens (primary N) is 1. The Bertz CT molecular complexity index is 1620. The summed E-state index contributed by atoms with van der Waals surface area (Å²) in [5, 5.41) is 6.36. The monoisotopic (exact) mass is 603 g/mol. The molecule has 13 heteroatoms. The lowest BCUT2D eigenvalue weighted by Crippen LogP contribution is -2.37. The SMILES string of the molecule is CC(C)C[C@H](C(=O)N[C@@H](Cc1cc(F)cc(F)c1)c1ncccc1-c1ccc(F)c(C(N)=O)c1)n1ccc(C(F)(F)F)n1. The van der Waals surface area contributed by atoms with Crippen LogP contribution in [0.25, 0.3) is 11.1 Å². The highest BCUT2D eigenvalue weighted by Crippen LogP contribution is 2.32. The second kappa shape index (κ2) is 12.7. The van der Waals surface area contributed by atoms with Gasteiger partial charge in [-0.1, -0.05) is 26.0 Å². The van der Waals surface area contributed by atoms with E-state index in [9.17, 15) is 35.9 Å². The second-order valence-corrected chi connectivity index (χ2v) is 10.4. The predicted octanol–water partition coefficient (Wildman–Crippen LogP) is 6.17. The minimum Gasteiger partial charge on any atom is -0.366 e. The number of rotatable bonds is 10. The summed E-state index contributed by atoms with van der Waals surface area (Å²) in [6.07, 6.45) is -2.34. The van der Waals surface area contributed by atoms with Crippen LogP contribution in [0.4, 0.5) is 26.3 Å². The molecule has 0 saturated carbocycles. The zero-order valence-corrected chi connectivity index (χ0v) is 23.0. The third kappa shape index (κ3) is 7.59. The van der Waals surface area contributed by atoms with Gasteiger partial charge in [-0.15, -0.1) is 0 Å². The number of nitrogens with one attached hydrogen (secondary N) is 1. The molecule has 43 heavy (non-hydrogen) atoms. The summed E-state index contributed by atoms with van der Waals surface area (Å²) in [7, 11) is 0. The lowest BCUT2D eigenvalue weighted by atomic mass is 9.94. The van der Waals surface area contributed by atoms with Crippen molar-refractivity contribution in [3.63, 3.8) is 0 Å². The highest BCUT2D eigenvalue weighted by molar-refractivity contribution is 5.94. The number of pyridine rings is 1. The molecular formula is C30H27F6N5O2. The van der Waals surface area contributed by atoms with Crippen molar-refractivity contribution >= 4 is 11.8 Å². The molecule has 0 radical (unpaired) electrons. The third-order valence-corrected chi connectivity index (χ3v) is 6.61. The van der Waals surface area contributed by atoms with E-state index in [1.807, 2.05) is 0 Å². The van der Waals surface area contributed by atoms with Crippen molar-refractivity contribution in [2.24, 2.45) is 11.7 Å². The van der Waals surface area contributed by atoms with Crippen LogP contribution < -0.4 is 11.1 Å². The van der Waals surface area contributed by atoms with Gasteiger partial charge in [0.25, 0.3) is 5.91 Å². The van der Waals surface area contributed by atoms with E-state index < -0.39 is 58.8 Å². The lowest BCUT2D eigenvalue weighted by molar-refractivity contribution is -0.142. The van der Waals surface area contributed by atoms with Crippen molar-refractivity contribution in [3.8, 4) is 11.1 Å². The number of primary amides is 1. The van der Waals surface area contributed by atoms with Gasteiger partial charge in [0.05, 0.1) is 17.3 Å². The molecule has 0 aliphatic heterocycles. The minimum absolute atomic E-state index is 0.112. The molecule has 2 heterocycles. The summed E-state index contributed by atoms with van der Waals surface area (Å²) >= 11 is 0. The molecule has 0 bridgehead atoms. The number of aromatic nitrogens is 3. The van der Waals surface area contributed by atoms with Crippen LogP contribution in [-0.4, -0.2) is 26.6 Å². The highest BCUT2D eigenvalue weighted by Gasteiger charge is 2.35. The van der Waals surface area contributed by atoms with E-state index in [-0.39, 0.29) is 30.0 Å². The van der Waals surface area contributed by atoms with Gasteiger partial charge in [0, 0.05) is 24.0 Å². The zero-order chi connectivity index (χ0) is 31.5. The fourth-order valence-corrected chi connectivity index (χ4v) is 4.71. The number of amides is 2. The highest BCUT2D eigenvalue weighted by atomic mass is 19.4. The Balaban J connectivity index is 1.80. The molecule has 2 atom stereocenters. The Labute approximate surface area is 242 Å². The molecule has 4 aromatic rings. The molecule has 0 saturated heterocycles. The summed E-state index contributed by atoms with van der Waals surface area (Å²) in [5.74, 6) is -4.45. The van der Waals surface area contributed by atoms with E-state index in [0.29, 0.717) is 17.2 Å². The molecule has 2 aromatic heterocycles. The van der Waals surface area contributed by atoms with Crippen molar-refractivity contribution in [3.05, 3.63) is 107 Å². The van der Waals surface area contributed by atoms with E-state index in [0.717, 1.165) is 35.1 Å². The van der Waals surface area contributed by atoms with Gasteiger partial charge in [-0.2, -0.15) is 18.3 Å². The Morgan fingerprint density at radius 1 is 1.00 bits per heavy atom. The van der Waals surface area contributed by atoms with Gasteiger partial charge in [0.2, 0.25) is 5.91 Å². The normalized spacial score (nSPS) is 13.1. The number of carbonyl (C=O) groups excluding carboxylic acids is 2. The maximum atomic E-state index is 14.2. The first-order chi connectivity index (χ1) is 20.2. The number of nitrogens with zero attached hydrogens (tertiary/aromatic N) is 3. The van der Waals surface area contributed by atoms with Crippen molar-refractivity contribution in [1.29, 1.82) is 0 Å². The molecule has 2 amide bonds. The fourth-order valence-electron chi connectivity index (χ4n) is 4.71. The number of benzene rings is 2. The third-order valence-electron chi connectivity index (χ3n) is 6.61. The Kier molecular flexibility index (Phi) is 9.22. The molecule has 4 rings (SSSR count). The Morgan fingerprint density at radius 3 is 2.30 bits per heavy atom. The summed E-state index contributed by atoms with van der Waals surface area (Å²) < 4.78 is 83.2. The van der Waals surface area contributed by atoms with Gasteiger partial charge in [-0.3, -0.25) is 19.3 Å². The largest absolute Gasteiger partial charge is 0.435 e. The van der Waals surface area contributed by atoms with Gasteiger partial charge in [0.1, 0.15) is 23.5 Å². The van der Waals surface area contributed by atoms with Crippen molar-refractivity contribution in [1.82, 2.24) is 20.1 Å². The standard InChI is InChI=1S/C30H27F6N5O2/c1-16(2)10-25(41-9-7-26(40-41)30(34,35)36)29(43)39-24(13-17-11-19(31)15-20(32)12-17)27-21(4-3-8-38-27)18-5-6-23(33)22(14-18)28(37)42/h3-9,11-12,14-16,24-25H,10,13H2,1-2H3,(H2,37,42)(H,39,43)/t24-,25+/m0/s1. The van der Waals surface area contributed by atoms with Gasteiger partial charge < -0.3 is 11.1 Å². The first-order valence-corrected chi connectivity index (χ1v) is 13.1. The molecule has 0 spiro atoms. The van der Waals surface area contributed by atoms with Gasteiger partial charge in [-0.25, -0.2) is 13.2 Å². The summed E-state index contributed by atoms with van der Waals surface area (Å²) in [4.78, 5) is 29.9. The number of hydrogen-bond donors (Lipinski definition) is 2. The average Bonchev–Trinajstić information content (AvgIpc) is 3.42. The topological polar surface area (TPSA) is 103 Å². The maximum absolute atomic E-state index is 14.2. The van der Waals surface area contributed by atoms with Crippen molar-refractivity contribution in [2.45, 2.75) is 44.9 Å². The van der Waals surface area contributed by atoms with E-state index in [4.69, 9.17) is 5.73 Å². The molecule has 2 aromatic carbocycles. The van der Waals surface area contributed by atoms with Crippen molar-refractivity contribution < 1.29 is 35.9 Å². The lowest BCUT2D eigenvalue weighted by Gasteiger charge is -2.25. The molecule has 0 unspecified atom stereocenters. The quantitative estimate of drug-likeness (QED) is 0.212. The molecule has 226 valence electrons. The smallest absolute Gasteiger partial charge is 0.366 e. The van der Waals surface area contributed by atoms with Crippen LogP contribution in [0.5, 0.6) is 0 Å². The Morgan fingerprint density at radius 2 is 1.70 bits per heavy atom. The molecule has 0 fully saturated rings. The van der Waals surface area contributed by atoms with E-state index in [1.165, 1.54) is 18.3 Å². The van der Waals surface area contributed by atoms with Crippen LogP contribution in [0.1, 0.15) is 59.7 Å². The molecule has 0 aliphatic carbocycles. The minimum atomic E-state index is -4.73. The second-order valence-electron chi connectivity index (χ2n) is 10.4. The maximum Gasteiger partial charge on any atom is 0.435 e. The Hall–Kier alpha value is -4.68. The van der Waals surface area contributed by atoms with E-state index in [2.05, 4.69) is 15.4 Å². The van der Waals surface area contributed by atoms with Gasteiger partial charge >= 0.3 is 6.18 Å². The van der Waals surface area contributed by atoms with E-state index in [1.54, 1.807) is 26.0 Å². The number of alkyl halides is 3. The number of halogens is 6. The van der Waals surface area contributed by atoms with Crippen LogP contribution in [0.3, 0.4) is 0 Å². The summed E-state index contributed by atoms with van der Waals surface area (Å²) in [6.45, 7) is 3.56. The van der Waals surface area contributed by atoms with Crippen LogP contribution in [-0.2, 0) is 17.4 Å². The average molecular weight is 604 g/mol. The molecule has 3 N–H and O–H groups in total. The van der Waals surface area contributed by atoms with E-state index >= 15 is 0 Å². The summed E-state index contributed by atoms with van der Waals surface area (Å²) in [5.41, 5.74) is 4.73. The first kappa shape index (κ1) is 31.3. The van der Waals surface area contributed by atoms with Crippen LogP contribution in [0.2, 0.25) is 0 Å². The van der Waals surface area contributed by atoms with Gasteiger partial charge in [-0.05, 0) is 66.3 Å². The first-order valence-electron chi connectivity index (χ1n) is 13.1. The predicted molar refractivity (Wildman–Crippen MR) is 145 cm³/mol. The molecule has 7 nitrogen and oxygen atoms in total. The molecule has 0 aliphatic rings. The van der Waals surface area contributed by atoms with Crippen LogP contribution in [0.15, 0.2) is 67.0 Å². The summed E-state index contributed by atoms with van der Waals surface area (Å²) in [6, 6.07) is 8.08. The fraction of sp³-hybridized carbons (Fsp3) is 0.267. The number of carbonyl (C=O) groups is 2. The zero-order valence-electron chi connectivity index (χ0n) is 23.0. The van der Waals surface area contributed by atoms with Crippen LogP contribution >= 0.6 is 0 Å². The number of hydrogen-bond acceptors (Lipinski definition) is 4. The molecular weight excluding hydrogens is 576 g/mol. The van der Waals surface area contributed by atoms with Crippen molar-refractivity contribution in [2.75, 3.05) is 0 Å².